The lowest BCUT2D eigenvalue weighted by Crippen LogP contribution is -2.50. The molecule has 0 radical (unpaired) electrons. The van der Waals surface area contributed by atoms with Crippen molar-refractivity contribution in [2.24, 2.45) is 11.1 Å². The van der Waals surface area contributed by atoms with Crippen molar-refractivity contribution in [3.63, 3.8) is 0 Å². The lowest BCUT2D eigenvalue weighted by atomic mass is 9.79. The Balaban J connectivity index is 0.00000208. The molecule has 3 rings (SSSR count). The zero-order chi connectivity index (χ0) is 16.3. The number of nitrogens with two attached hydrogens (primary N) is 1. The molecule has 5 nitrogen and oxygen atoms in total. The van der Waals surface area contributed by atoms with Gasteiger partial charge in [-0.1, -0.05) is 12.1 Å². The van der Waals surface area contributed by atoms with Crippen molar-refractivity contribution in [1.29, 1.82) is 0 Å². The van der Waals surface area contributed by atoms with E-state index < -0.39 is 5.41 Å². The summed E-state index contributed by atoms with van der Waals surface area (Å²) in [7, 11) is 1.67. The van der Waals surface area contributed by atoms with Gasteiger partial charge in [-0.3, -0.25) is 4.79 Å². The van der Waals surface area contributed by atoms with Gasteiger partial charge in [0, 0.05) is 38.8 Å². The first-order chi connectivity index (χ1) is 11.2. The maximum absolute atomic E-state index is 13.0. The van der Waals surface area contributed by atoms with E-state index in [0.717, 1.165) is 38.1 Å². The zero-order valence-electron chi connectivity index (χ0n) is 14.2. The molecule has 2 fully saturated rings. The minimum atomic E-state index is -0.410. The van der Waals surface area contributed by atoms with Crippen LogP contribution in [-0.4, -0.2) is 50.8 Å². The van der Waals surface area contributed by atoms with Crippen LogP contribution in [0.25, 0.3) is 0 Å². The van der Waals surface area contributed by atoms with Crippen LogP contribution in [0.4, 0.5) is 0 Å². The number of methoxy groups -OCH3 is 1. The Bertz CT molecular complexity index is 544. The minimum Gasteiger partial charge on any atom is -0.497 e. The highest BCUT2D eigenvalue weighted by molar-refractivity contribution is 5.85. The van der Waals surface area contributed by atoms with Gasteiger partial charge < -0.3 is 20.1 Å². The molecule has 1 atom stereocenters. The van der Waals surface area contributed by atoms with Crippen LogP contribution < -0.4 is 10.5 Å². The summed E-state index contributed by atoms with van der Waals surface area (Å²) in [6, 6.07) is 8.18. The summed E-state index contributed by atoms with van der Waals surface area (Å²) in [4.78, 5) is 15.0. The smallest absolute Gasteiger partial charge is 0.230 e. The molecule has 1 aromatic carbocycles. The topological polar surface area (TPSA) is 64.8 Å². The highest BCUT2D eigenvalue weighted by Crippen LogP contribution is 2.35. The molecule has 134 valence electrons. The van der Waals surface area contributed by atoms with Gasteiger partial charge in [-0.05, 0) is 37.0 Å². The third kappa shape index (κ3) is 3.68. The number of carbonyl (C=O) groups is 1. The van der Waals surface area contributed by atoms with E-state index in [1.807, 2.05) is 17.0 Å². The second-order valence-electron chi connectivity index (χ2n) is 6.61. The van der Waals surface area contributed by atoms with Gasteiger partial charge in [-0.2, -0.15) is 0 Å². The van der Waals surface area contributed by atoms with Crippen LogP contribution in [0.5, 0.6) is 5.75 Å². The Morgan fingerprint density at radius 2 is 2.00 bits per heavy atom. The first-order valence-corrected chi connectivity index (χ1v) is 8.40. The predicted octanol–water partition coefficient (Wildman–Crippen LogP) is 2.19. The van der Waals surface area contributed by atoms with Gasteiger partial charge in [0.05, 0.1) is 12.5 Å². The number of hydrogen-bond acceptors (Lipinski definition) is 4. The first-order valence-electron chi connectivity index (χ1n) is 8.40. The summed E-state index contributed by atoms with van der Waals surface area (Å²) in [5, 5.41) is 0. The Morgan fingerprint density at radius 3 is 2.58 bits per heavy atom. The van der Waals surface area contributed by atoms with Crippen molar-refractivity contribution < 1.29 is 14.3 Å². The van der Waals surface area contributed by atoms with E-state index in [0.29, 0.717) is 25.7 Å². The molecule has 0 saturated carbocycles. The quantitative estimate of drug-likeness (QED) is 0.900. The SMILES string of the molecule is COc1ccc(C2CCN(C(=O)C3(CN)CCOCC3)C2)cc1.Cl. The number of ether oxygens (including phenoxy) is 2. The molecule has 2 aliphatic heterocycles. The number of nitrogens with zero attached hydrogens (tertiary/aromatic N) is 1. The Morgan fingerprint density at radius 1 is 1.33 bits per heavy atom. The van der Waals surface area contributed by atoms with Gasteiger partial charge in [-0.25, -0.2) is 0 Å². The monoisotopic (exact) mass is 354 g/mol. The molecule has 0 aliphatic carbocycles. The number of amides is 1. The van der Waals surface area contributed by atoms with Crippen molar-refractivity contribution in [3.8, 4) is 5.75 Å². The minimum absolute atomic E-state index is 0. The average Bonchev–Trinajstić information content (AvgIpc) is 3.11. The maximum atomic E-state index is 13.0. The van der Waals surface area contributed by atoms with Crippen LogP contribution in [0.1, 0.15) is 30.7 Å². The first kappa shape index (κ1) is 19.0. The number of carbonyl (C=O) groups excluding carboxylic acids is 1. The van der Waals surface area contributed by atoms with Crippen LogP contribution in [0, 0.1) is 5.41 Å². The van der Waals surface area contributed by atoms with E-state index in [9.17, 15) is 4.79 Å². The Hall–Kier alpha value is -1.30. The molecule has 0 spiro atoms. The van der Waals surface area contributed by atoms with Gasteiger partial charge >= 0.3 is 0 Å². The molecule has 2 aliphatic rings. The van der Waals surface area contributed by atoms with E-state index in [1.54, 1.807) is 7.11 Å². The van der Waals surface area contributed by atoms with E-state index >= 15 is 0 Å². The largest absolute Gasteiger partial charge is 0.497 e. The van der Waals surface area contributed by atoms with Crippen molar-refractivity contribution in [3.05, 3.63) is 29.8 Å². The van der Waals surface area contributed by atoms with Crippen molar-refractivity contribution in [1.82, 2.24) is 4.90 Å². The summed E-state index contributed by atoms with van der Waals surface area (Å²) in [6.07, 6.45) is 2.49. The van der Waals surface area contributed by atoms with Gasteiger partial charge in [0.1, 0.15) is 5.75 Å². The van der Waals surface area contributed by atoms with Gasteiger partial charge in [0.25, 0.3) is 0 Å². The van der Waals surface area contributed by atoms with Gasteiger partial charge in [0.15, 0.2) is 0 Å². The molecular weight excluding hydrogens is 328 g/mol. The normalized spacial score (nSPS) is 22.8. The van der Waals surface area contributed by atoms with Crippen LogP contribution in [0.15, 0.2) is 24.3 Å². The van der Waals surface area contributed by atoms with E-state index in [4.69, 9.17) is 15.2 Å². The Kier molecular flexibility index (Phi) is 6.49. The standard InChI is InChI=1S/C18H26N2O3.ClH/c1-22-16-4-2-14(3-5-16)15-6-9-20(12-15)17(21)18(13-19)7-10-23-11-8-18;/h2-5,15H,6-13,19H2,1H3;1H. The van der Waals surface area contributed by atoms with Crippen LogP contribution >= 0.6 is 12.4 Å². The summed E-state index contributed by atoms with van der Waals surface area (Å²) in [6.45, 7) is 3.29. The molecule has 2 saturated heterocycles. The highest BCUT2D eigenvalue weighted by atomic mass is 35.5. The fourth-order valence-electron chi connectivity index (χ4n) is 3.70. The molecule has 2 heterocycles. The summed E-state index contributed by atoms with van der Waals surface area (Å²) >= 11 is 0. The molecule has 1 aromatic rings. The van der Waals surface area contributed by atoms with Gasteiger partial charge in [-0.15, -0.1) is 12.4 Å². The molecular formula is C18H27ClN2O3. The summed E-state index contributed by atoms with van der Waals surface area (Å²) in [5.41, 5.74) is 6.83. The zero-order valence-corrected chi connectivity index (χ0v) is 15.0. The third-order valence-electron chi connectivity index (χ3n) is 5.36. The molecule has 6 heteroatoms. The number of hydrogen-bond donors (Lipinski definition) is 1. The molecule has 0 aromatic heterocycles. The predicted molar refractivity (Wildman–Crippen MR) is 95.7 cm³/mol. The second kappa shape index (κ2) is 8.19. The number of halogens is 1. The average molecular weight is 355 g/mol. The van der Waals surface area contributed by atoms with E-state index in [-0.39, 0.29) is 18.3 Å². The Labute approximate surface area is 149 Å². The molecule has 24 heavy (non-hydrogen) atoms. The summed E-state index contributed by atoms with van der Waals surface area (Å²) in [5.74, 6) is 1.49. The highest BCUT2D eigenvalue weighted by Gasteiger charge is 2.43. The van der Waals surface area contributed by atoms with E-state index in [2.05, 4.69) is 12.1 Å². The lowest BCUT2D eigenvalue weighted by molar-refractivity contribution is -0.146. The number of benzene rings is 1. The number of rotatable bonds is 4. The van der Waals surface area contributed by atoms with Crippen LogP contribution in [-0.2, 0) is 9.53 Å². The fourth-order valence-corrected chi connectivity index (χ4v) is 3.70. The molecule has 1 unspecified atom stereocenters. The number of likely N-dealkylation sites (tertiary alicyclic amines) is 1. The maximum Gasteiger partial charge on any atom is 0.230 e. The van der Waals surface area contributed by atoms with Crippen molar-refractivity contribution >= 4 is 18.3 Å². The van der Waals surface area contributed by atoms with Gasteiger partial charge in [0.2, 0.25) is 5.91 Å². The molecule has 0 bridgehead atoms. The lowest BCUT2D eigenvalue weighted by Gasteiger charge is -2.37. The van der Waals surface area contributed by atoms with Crippen molar-refractivity contribution in [2.45, 2.75) is 25.2 Å². The summed E-state index contributed by atoms with van der Waals surface area (Å²) < 4.78 is 10.6. The van der Waals surface area contributed by atoms with E-state index in [1.165, 1.54) is 5.56 Å². The second-order valence-corrected chi connectivity index (χ2v) is 6.61. The third-order valence-corrected chi connectivity index (χ3v) is 5.36. The fraction of sp³-hybridized carbons (Fsp3) is 0.611. The van der Waals surface area contributed by atoms with Crippen molar-refractivity contribution in [2.75, 3.05) is 40.0 Å². The molecule has 2 N–H and O–H groups in total. The van der Waals surface area contributed by atoms with Crippen LogP contribution in [0.3, 0.4) is 0 Å². The molecule has 1 amide bonds. The van der Waals surface area contributed by atoms with Crippen LogP contribution in [0.2, 0.25) is 0 Å².